The minimum Gasteiger partial charge on any atom is -0.493 e. The number of hydrogen-bond acceptors (Lipinski definition) is 5. The van der Waals surface area contributed by atoms with E-state index in [0.717, 1.165) is 40.1 Å². The number of carbonyl (C=O) groups excluding carboxylic acids is 2. The zero-order valence-corrected chi connectivity index (χ0v) is 18.7. The van der Waals surface area contributed by atoms with Crippen LogP contribution in [0.4, 0.5) is 5.69 Å². The van der Waals surface area contributed by atoms with Crippen molar-refractivity contribution in [2.45, 2.75) is 53.2 Å². The van der Waals surface area contributed by atoms with Crippen molar-refractivity contribution in [3.63, 3.8) is 0 Å². The minimum atomic E-state index is -0.938. The highest BCUT2D eigenvalue weighted by molar-refractivity contribution is 5.97. The molecular formula is C25H29NO5. The molecule has 1 aliphatic rings. The molecule has 6 nitrogen and oxygen atoms in total. The van der Waals surface area contributed by atoms with Crippen molar-refractivity contribution in [3.05, 3.63) is 58.7 Å². The summed E-state index contributed by atoms with van der Waals surface area (Å²) in [7, 11) is 0. The van der Waals surface area contributed by atoms with Gasteiger partial charge in [-0.05, 0) is 64.0 Å². The fourth-order valence-corrected chi connectivity index (χ4v) is 3.53. The van der Waals surface area contributed by atoms with E-state index in [4.69, 9.17) is 14.2 Å². The van der Waals surface area contributed by atoms with Crippen LogP contribution in [-0.2, 0) is 20.7 Å². The molecule has 0 unspecified atom stereocenters. The molecule has 3 rings (SSSR count). The van der Waals surface area contributed by atoms with Gasteiger partial charge in [0.2, 0.25) is 0 Å². The topological polar surface area (TPSA) is 73.9 Å². The van der Waals surface area contributed by atoms with Crippen molar-refractivity contribution in [2.24, 2.45) is 0 Å². The van der Waals surface area contributed by atoms with Crippen LogP contribution in [0.25, 0.3) is 6.08 Å². The molecule has 0 radical (unpaired) electrons. The highest BCUT2D eigenvalue weighted by Crippen LogP contribution is 2.35. The normalized spacial score (nSPS) is 15.8. The Morgan fingerprint density at radius 1 is 1.26 bits per heavy atom. The number of rotatable bonds is 7. The van der Waals surface area contributed by atoms with Crippen LogP contribution in [0.15, 0.2) is 36.4 Å². The molecule has 31 heavy (non-hydrogen) atoms. The van der Waals surface area contributed by atoms with Gasteiger partial charge in [0.05, 0.1) is 6.61 Å². The van der Waals surface area contributed by atoms with Crippen LogP contribution in [0, 0.1) is 13.8 Å². The fraction of sp³-hybridized carbons (Fsp3) is 0.360. The average molecular weight is 424 g/mol. The Morgan fingerprint density at radius 3 is 2.65 bits per heavy atom. The Bertz CT molecular complexity index is 991. The second-order valence-corrected chi connectivity index (χ2v) is 7.73. The predicted octanol–water partition coefficient (Wildman–Crippen LogP) is 4.61. The maximum atomic E-state index is 12.5. The van der Waals surface area contributed by atoms with Gasteiger partial charge in [-0.1, -0.05) is 18.2 Å². The molecule has 2 atom stereocenters. The van der Waals surface area contributed by atoms with Gasteiger partial charge in [-0.15, -0.1) is 0 Å². The van der Waals surface area contributed by atoms with E-state index in [0.29, 0.717) is 12.4 Å². The molecule has 0 aliphatic carbocycles. The molecule has 1 aliphatic heterocycles. The van der Waals surface area contributed by atoms with Crippen LogP contribution >= 0.6 is 0 Å². The lowest BCUT2D eigenvalue weighted by atomic mass is 10.1. The molecule has 0 aromatic heterocycles. The van der Waals surface area contributed by atoms with Crippen LogP contribution in [-0.4, -0.2) is 30.7 Å². The number of ether oxygens (including phenoxy) is 3. The van der Waals surface area contributed by atoms with Gasteiger partial charge in [-0.3, -0.25) is 4.79 Å². The molecule has 0 saturated carbocycles. The lowest BCUT2D eigenvalue weighted by Crippen LogP contribution is -2.30. The van der Waals surface area contributed by atoms with Crippen LogP contribution in [0.2, 0.25) is 0 Å². The molecular weight excluding hydrogens is 394 g/mol. The number of fused-ring (bicyclic) bond motifs is 1. The second kappa shape index (κ2) is 9.69. The summed E-state index contributed by atoms with van der Waals surface area (Å²) >= 11 is 0. The van der Waals surface area contributed by atoms with Gasteiger partial charge in [-0.25, -0.2) is 4.79 Å². The van der Waals surface area contributed by atoms with E-state index < -0.39 is 12.1 Å². The number of para-hydroxylation sites is 1. The molecule has 1 amide bonds. The largest absolute Gasteiger partial charge is 0.493 e. The number of aryl methyl sites for hydroxylation is 2. The van der Waals surface area contributed by atoms with E-state index in [1.807, 2.05) is 58.0 Å². The molecule has 2 aromatic carbocycles. The Balaban J connectivity index is 1.66. The van der Waals surface area contributed by atoms with Crippen molar-refractivity contribution in [1.82, 2.24) is 0 Å². The summed E-state index contributed by atoms with van der Waals surface area (Å²) in [5.74, 6) is 0.490. The third-order valence-electron chi connectivity index (χ3n) is 5.12. The van der Waals surface area contributed by atoms with E-state index in [1.54, 1.807) is 13.0 Å². The third kappa shape index (κ3) is 5.45. The molecule has 1 N–H and O–H groups in total. The maximum absolute atomic E-state index is 12.5. The smallest absolute Gasteiger partial charge is 0.331 e. The Hall–Kier alpha value is -3.28. The Kier molecular flexibility index (Phi) is 7.00. The quantitative estimate of drug-likeness (QED) is 0.520. The van der Waals surface area contributed by atoms with Crippen LogP contribution < -0.4 is 14.8 Å². The maximum Gasteiger partial charge on any atom is 0.331 e. The number of esters is 1. The molecule has 1 heterocycles. The van der Waals surface area contributed by atoms with Crippen molar-refractivity contribution in [3.8, 4) is 11.5 Å². The number of hydrogen-bond donors (Lipinski definition) is 1. The number of nitrogens with one attached hydrogen (secondary N) is 1. The molecule has 164 valence electrons. The Morgan fingerprint density at radius 2 is 1.97 bits per heavy atom. The number of carbonyl (C=O) groups is 2. The number of benzene rings is 2. The molecule has 2 aromatic rings. The van der Waals surface area contributed by atoms with Gasteiger partial charge in [0.15, 0.2) is 6.10 Å². The van der Waals surface area contributed by atoms with E-state index >= 15 is 0 Å². The first-order valence-corrected chi connectivity index (χ1v) is 10.5. The lowest BCUT2D eigenvalue weighted by molar-refractivity contribution is -0.148. The SMILES string of the molecule is CCOc1cc2c(cc1/C=C/C(=O)O[C@@H](C)C(=O)Nc1c(C)cccc1C)O[C@H](C)C2. The molecule has 0 fully saturated rings. The summed E-state index contributed by atoms with van der Waals surface area (Å²) in [6.45, 7) is 9.81. The van der Waals surface area contributed by atoms with Crippen LogP contribution in [0.1, 0.15) is 43.0 Å². The van der Waals surface area contributed by atoms with E-state index in [-0.39, 0.29) is 12.0 Å². The zero-order chi connectivity index (χ0) is 22.5. The molecule has 0 saturated heterocycles. The summed E-state index contributed by atoms with van der Waals surface area (Å²) in [4.78, 5) is 24.8. The van der Waals surface area contributed by atoms with Gasteiger partial charge in [-0.2, -0.15) is 0 Å². The number of amides is 1. The van der Waals surface area contributed by atoms with Gasteiger partial charge < -0.3 is 19.5 Å². The van der Waals surface area contributed by atoms with Crippen LogP contribution in [0.5, 0.6) is 11.5 Å². The first kappa shape index (κ1) is 22.4. The van der Waals surface area contributed by atoms with Gasteiger partial charge in [0.25, 0.3) is 5.91 Å². The van der Waals surface area contributed by atoms with Crippen LogP contribution in [0.3, 0.4) is 0 Å². The summed E-state index contributed by atoms with van der Waals surface area (Å²) in [5, 5.41) is 2.84. The summed E-state index contributed by atoms with van der Waals surface area (Å²) < 4.78 is 16.8. The van der Waals surface area contributed by atoms with E-state index in [9.17, 15) is 9.59 Å². The first-order chi connectivity index (χ1) is 14.8. The Labute approximate surface area is 183 Å². The average Bonchev–Trinajstić information content (AvgIpc) is 3.08. The monoisotopic (exact) mass is 423 g/mol. The molecule has 0 spiro atoms. The van der Waals surface area contributed by atoms with Gasteiger partial charge in [0.1, 0.15) is 17.6 Å². The highest BCUT2D eigenvalue weighted by atomic mass is 16.5. The summed E-state index contributed by atoms with van der Waals surface area (Å²) in [6, 6.07) is 9.58. The van der Waals surface area contributed by atoms with Crippen molar-refractivity contribution in [2.75, 3.05) is 11.9 Å². The second-order valence-electron chi connectivity index (χ2n) is 7.73. The number of anilines is 1. The zero-order valence-electron chi connectivity index (χ0n) is 18.7. The highest BCUT2D eigenvalue weighted by Gasteiger charge is 2.22. The van der Waals surface area contributed by atoms with Gasteiger partial charge >= 0.3 is 5.97 Å². The predicted molar refractivity (Wildman–Crippen MR) is 121 cm³/mol. The summed E-state index contributed by atoms with van der Waals surface area (Å²) in [6.07, 6.45) is 2.92. The molecule has 6 heteroatoms. The van der Waals surface area contributed by atoms with Crippen molar-refractivity contribution in [1.29, 1.82) is 0 Å². The fourth-order valence-electron chi connectivity index (χ4n) is 3.53. The van der Waals surface area contributed by atoms with Crippen molar-refractivity contribution >= 4 is 23.6 Å². The minimum absolute atomic E-state index is 0.116. The summed E-state index contributed by atoms with van der Waals surface area (Å²) in [5.41, 5.74) is 4.44. The lowest BCUT2D eigenvalue weighted by Gasteiger charge is -2.15. The molecule has 0 bridgehead atoms. The standard InChI is InChI=1S/C25H29NO5/c1-6-29-21-14-20-12-17(4)30-22(20)13-19(21)10-11-23(27)31-18(5)25(28)26-24-15(2)8-7-9-16(24)3/h7-11,13-14,17-18H,6,12H2,1-5H3,(H,26,28)/b11-10+/t17-,18+/m1/s1. The van der Waals surface area contributed by atoms with Gasteiger partial charge in [0, 0.05) is 29.3 Å². The van der Waals surface area contributed by atoms with E-state index in [1.165, 1.54) is 6.08 Å². The van der Waals surface area contributed by atoms with E-state index in [2.05, 4.69) is 5.32 Å². The van der Waals surface area contributed by atoms with Crippen molar-refractivity contribution < 1.29 is 23.8 Å². The third-order valence-corrected chi connectivity index (χ3v) is 5.12. The first-order valence-electron chi connectivity index (χ1n) is 10.5.